The first-order valence-corrected chi connectivity index (χ1v) is 29.5. The zero-order valence-corrected chi connectivity index (χ0v) is 52.6. The minimum absolute atomic E-state index is 0.0000410. The van der Waals surface area contributed by atoms with E-state index >= 15 is 0 Å². The van der Waals surface area contributed by atoms with Crippen LogP contribution in [0.5, 0.6) is 5.75 Å². The zero-order valence-electron chi connectivity index (χ0n) is 51.9. The number of aliphatic carboxylic acids is 1. The number of ether oxygens (including phenoxy) is 6. The van der Waals surface area contributed by atoms with Crippen LogP contribution < -0.4 is 47.7 Å². The lowest BCUT2D eigenvalue weighted by Crippen LogP contribution is -2.63. The van der Waals surface area contributed by atoms with Crippen molar-refractivity contribution in [2.45, 2.75) is 159 Å². The molecule has 9 amide bonds. The third-order valence-electron chi connectivity index (χ3n) is 15.7. The van der Waals surface area contributed by atoms with E-state index in [9.17, 15) is 53.1 Å². The number of aliphatic hydroxyl groups is 1. The lowest BCUT2D eigenvalue weighted by molar-refractivity contribution is -0.162. The van der Waals surface area contributed by atoms with Crippen LogP contribution in [-0.4, -0.2) is 182 Å². The number of urea groups is 1. The summed E-state index contributed by atoms with van der Waals surface area (Å²) in [4.78, 5) is 134. The number of amides is 9. The van der Waals surface area contributed by atoms with Crippen molar-refractivity contribution in [2.24, 2.45) is 23.3 Å². The van der Waals surface area contributed by atoms with Crippen LogP contribution >= 0.6 is 11.6 Å². The van der Waals surface area contributed by atoms with Crippen molar-refractivity contribution in [3.05, 3.63) is 76.3 Å². The van der Waals surface area contributed by atoms with Gasteiger partial charge in [0.25, 0.3) is 0 Å². The number of rotatable bonds is 25. The van der Waals surface area contributed by atoms with E-state index < -0.39 is 126 Å². The summed E-state index contributed by atoms with van der Waals surface area (Å²) in [7, 11) is 6.98. The maximum Gasteiger partial charge on any atom is 0.409 e. The Kier molecular flexibility index (Phi) is 26.1. The molecule has 0 aliphatic carbocycles. The first kappa shape index (κ1) is 71.7. The van der Waals surface area contributed by atoms with Crippen molar-refractivity contribution >= 4 is 82.7 Å². The van der Waals surface area contributed by atoms with E-state index in [1.54, 1.807) is 64.1 Å². The van der Waals surface area contributed by atoms with Crippen molar-refractivity contribution in [3.63, 3.8) is 0 Å². The average molecular weight is 1270 g/mol. The fraction of sp³-hybridized carbons (Fsp3) is 0.567. The second kappa shape index (κ2) is 32.4. The third kappa shape index (κ3) is 20.2. The Morgan fingerprint density at radius 2 is 1.66 bits per heavy atom. The van der Waals surface area contributed by atoms with Gasteiger partial charge < -0.3 is 86.1 Å². The van der Waals surface area contributed by atoms with Crippen LogP contribution in [0.1, 0.15) is 104 Å². The van der Waals surface area contributed by atoms with Gasteiger partial charge in [0.1, 0.15) is 53.4 Å². The van der Waals surface area contributed by atoms with Gasteiger partial charge in [0.05, 0.1) is 25.3 Å². The number of nitrogens with zero attached hydrogens (tertiary/aromatic N) is 3. The van der Waals surface area contributed by atoms with Crippen LogP contribution in [0, 0.1) is 11.8 Å². The van der Waals surface area contributed by atoms with Gasteiger partial charge in [-0.05, 0) is 87.3 Å². The number of carboxylic acid groups (broad SMARTS) is 1. The van der Waals surface area contributed by atoms with E-state index in [-0.39, 0.29) is 75.6 Å². The Hall–Kier alpha value is -8.05. The highest BCUT2D eigenvalue weighted by Gasteiger charge is 2.64. The summed E-state index contributed by atoms with van der Waals surface area (Å²) in [6.45, 7) is 8.34. The zero-order chi connectivity index (χ0) is 66.1. The van der Waals surface area contributed by atoms with E-state index in [4.69, 9.17) is 56.6 Å². The maximum absolute atomic E-state index is 14.4. The molecule has 29 heteroatoms. The number of benzene rings is 2. The number of esters is 1. The summed E-state index contributed by atoms with van der Waals surface area (Å²) < 4.78 is 34.7. The molecule has 0 spiro atoms. The molecule has 5 rings (SSSR count). The Morgan fingerprint density at radius 3 is 2.30 bits per heavy atom. The first-order valence-electron chi connectivity index (χ1n) is 29.1. The van der Waals surface area contributed by atoms with Gasteiger partial charge in [0, 0.05) is 78.6 Å². The number of unbranched alkanes of at least 4 members (excludes halogenated alkanes) is 1. The van der Waals surface area contributed by atoms with Crippen LogP contribution in [0.15, 0.2) is 60.2 Å². The molecule has 28 nitrogen and oxygen atoms in total. The molecule has 2 fully saturated rings. The monoisotopic (exact) mass is 1270 g/mol. The Labute approximate surface area is 522 Å². The van der Waals surface area contributed by atoms with E-state index in [1.807, 2.05) is 13.0 Å². The molecule has 2 saturated heterocycles. The van der Waals surface area contributed by atoms with E-state index in [0.717, 1.165) is 20.9 Å². The number of likely N-dealkylation sites (N-methyl/N-ethyl adjacent to an activating group) is 1. The lowest BCUT2D eigenvalue weighted by Gasteiger charge is -2.42. The highest BCUT2D eigenvalue weighted by atomic mass is 35.5. The number of primary amides is 1. The second-order valence-corrected chi connectivity index (χ2v) is 23.3. The molecule has 3 heterocycles. The molecule has 89 heavy (non-hydrogen) atoms. The molecule has 0 aromatic heterocycles. The van der Waals surface area contributed by atoms with Crippen molar-refractivity contribution < 1.29 is 86.6 Å². The molecule has 0 unspecified atom stereocenters. The maximum atomic E-state index is 14.4. The predicted molar refractivity (Wildman–Crippen MR) is 324 cm³/mol. The molecule has 11 N–H and O–H groups in total. The number of halogens is 1. The second-order valence-electron chi connectivity index (χ2n) is 23.0. The Bertz CT molecular complexity index is 2970. The third-order valence-corrected chi connectivity index (χ3v) is 16.1. The van der Waals surface area contributed by atoms with Crippen LogP contribution in [0.3, 0.4) is 0 Å². The summed E-state index contributed by atoms with van der Waals surface area (Å²) in [6.07, 6.45) is -2.29. The van der Waals surface area contributed by atoms with Gasteiger partial charge >= 0.3 is 30.2 Å². The number of carbonyl (C=O) groups excluding carboxylic acids is 9. The normalized spacial score (nSPS) is 23.6. The Balaban J connectivity index is 1.21. The molecule has 2 aromatic carbocycles. The molecular weight excluding hydrogens is 1180 g/mol. The summed E-state index contributed by atoms with van der Waals surface area (Å²) in [6, 6.07) is 6.78. The van der Waals surface area contributed by atoms with Crippen LogP contribution in [0.25, 0.3) is 0 Å². The van der Waals surface area contributed by atoms with Gasteiger partial charge in [0.2, 0.25) is 29.5 Å². The largest absolute Gasteiger partial charge is 0.495 e. The van der Waals surface area contributed by atoms with Crippen molar-refractivity contribution in [2.75, 3.05) is 58.7 Å². The summed E-state index contributed by atoms with van der Waals surface area (Å²) in [5, 5.41) is 33.9. The Morgan fingerprint density at radius 1 is 0.978 bits per heavy atom. The molecule has 0 saturated carbocycles. The predicted octanol–water partition coefficient (Wildman–Crippen LogP) is 3.73. The molecule has 10 atom stereocenters. The van der Waals surface area contributed by atoms with Crippen LogP contribution in [0.4, 0.5) is 25.8 Å². The average Bonchev–Trinajstić information content (AvgIpc) is 1.61. The van der Waals surface area contributed by atoms with Gasteiger partial charge in [-0.25, -0.2) is 19.2 Å². The lowest BCUT2D eigenvalue weighted by atomic mass is 9.83. The number of alkyl carbamates (subject to hydrolysis) is 1. The standard InChI is InChI=1S/C60H85ClN10O18/c1-33(2)50(67-45(72)18-11-12-19-48(75)76)54(78)66-39(16-14-25-64-56(63)80)53(77)65-38-22-20-36(21-23-38)32-86-58(82)69(6)26-24-46(73)71(8)52(62)55(79)88-44-30-47(74)70(7)40-28-37(29-41(84-9)49(40)61)27-34(3)15-13-17-43(85-10)60(83)31-42(87-57(81)68-60)35(4)51-59(44,5)89-51/h13,15,17,20-23,28-29,33,35,39,42-44,50-52,83H,11-12,14,16,18-19,24-27,30-32,62H2,1-10H3,(H,65,77)(H,66,78)(H,67,72)(H,68,81)(H,75,76)(H3,63,64,80)/b17-13+,34-15+/t35-,39+,42+,43-,44+,50+,51+,52-,59+,60+/m1/s1. The fourth-order valence-corrected chi connectivity index (χ4v) is 10.5. The van der Waals surface area contributed by atoms with E-state index in [2.05, 4.69) is 26.6 Å². The number of nitrogens with one attached hydrogen (secondary N) is 5. The van der Waals surface area contributed by atoms with Crippen LogP contribution in [0.2, 0.25) is 5.02 Å². The number of nitrogens with two attached hydrogens (primary N) is 2. The molecule has 3 aliphatic rings. The number of allylic oxidation sites excluding steroid dienone is 3. The first-order chi connectivity index (χ1) is 41.9. The number of hydrogen-bond donors (Lipinski definition) is 9. The topological polar surface area (TPSA) is 392 Å². The summed E-state index contributed by atoms with van der Waals surface area (Å²) >= 11 is 6.81. The van der Waals surface area contributed by atoms with Gasteiger partial charge in [-0.1, -0.05) is 68.3 Å². The number of epoxide rings is 1. The summed E-state index contributed by atoms with van der Waals surface area (Å²) in [5.74, 6) is -5.79. The van der Waals surface area contributed by atoms with Gasteiger partial charge in [-0.2, -0.15) is 0 Å². The van der Waals surface area contributed by atoms with Gasteiger partial charge in [0.15, 0.2) is 11.9 Å². The van der Waals surface area contributed by atoms with Gasteiger partial charge in [-0.3, -0.25) is 34.1 Å². The minimum atomic E-state index is -1.93. The molecule has 0 radical (unpaired) electrons. The molecular formula is C60H85ClN10O18. The smallest absolute Gasteiger partial charge is 0.409 e. The quantitative estimate of drug-likeness (QED) is 0.0225. The van der Waals surface area contributed by atoms with Crippen molar-refractivity contribution in [3.8, 4) is 5.75 Å². The SMILES string of the molecule is COc1cc2cc(c1Cl)N(C)C(=O)C[C@H](OC(=O)[C@H](N)N(C)C(=O)CCN(C)C(=O)OCc1ccc(NC(=O)[C@H](CCCNC(N)=O)NC(=O)[C@@H](NC(=O)CCCCC(=O)O)C(C)C)cc1)[C@]1(C)O[C@H]1[C@H](C)[C@@H]1C[C@@](O)(NC(=O)O1)[C@H](OC)/C=C/C=C(\C)C2. The molecule has 490 valence electrons. The molecule has 2 aromatic rings. The van der Waals surface area contributed by atoms with E-state index in [0.29, 0.717) is 35.5 Å². The van der Waals surface area contributed by atoms with Crippen LogP contribution in [-0.2, 0) is 70.3 Å². The number of anilines is 2. The fourth-order valence-electron chi connectivity index (χ4n) is 10.2. The molecule has 3 aliphatic heterocycles. The number of hydrogen-bond acceptors (Lipinski definition) is 18. The number of carbonyl (C=O) groups is 10. The number of carboxylic acids is 1. The number of methoxy groups -OCH3 is 2. The number of fused-ring (bicyclic) bond motifs is 5. The molecule has 4 bridgehead atoms. The van der Waals surface area contributed by atoms with Crippen molar-refractivity contribution in [1.82, 2.24) is 31.1 Å². The van der Waals surface area contributed by atoms with Crippen molar-refractivity contribution in [1.29, 1.82) is 0 Å². The minimum Gasteiger partial charge on any atom is -0.495 e. The highest BCUT2D eigenvalue weighted by Crippen LogP contribution is 2.49. The van der Waals surface area contributed by atoms with E-state index in [1.165, 1.54) is 52.4 Å². The summed E-state index contributed by atoms with van der Waals surface area (Å²) in [5.41, 5.74) is 10.9. The van der Waals surface area contributed by atoms with Gasteiger partial charge in [-0.15, -0.1) is 0 Å². The highest BCUT2D eigenvalue weighted by molar-refractivity contribution is 6.35.